The monoisotopic (exact) mass is 369 g/mol. The van der Waals surface area contributed by atoms with Crippen molar-refractivity contribution < 1.29 is 13.9 Å². The fourth-order valence-corrected chi connectivity index (χ4v) is 3.88. The second-order valence-corrected chi connectivity index (χ2v) is 7.43. The predicted molar refractivity (Wildman–Crippen MR) is 91.2 cm³/mol. The molecule has 6 nitrogen and oxygen atoms in total. The van der Waals surface area contributed by atoms with E-state index in [0.717, 1.165) is 19.5 Å². The van der Waals surface area contributed by atoms with Gasteiger partial charge in [-0.3, -0.25) is 4.90 Å². The Bertz CT molecular complexity index is 709. The average Bonchev–Trinajstić information content (AvgIpc) is 3.16. The summed E-state index contributed by atoms with van der Waals surface area (Å²) in [6.45, 7) is 3.80. The summed E-state index contributed by atoms with van der Waals surface area (Å²) in [6.07, 6.45) is 3.31. The van der Waals surface area contributed by atoms with Gasteiger partial charge >= 0.3 is 0 Å². The van der Waals surface area contributed by atoms with Gasteiger partial charge in [-0.2, -0.15) is 9.37 Å². The second kappa shape index (κ2) is 7.67. The highest BCUT2D eigenvalue weighted by atomic mass is 32.1. The van der Waals surface area contributed by atoms with E-state index < -0.39 is 18.0 Å². The van der Waals surface area contributed by atoms with Gasteiger partial charge in [-0.1, -0.05) is 11.3 Å². The Kier molecular flexibility index (Phi) is 5.55. The van der Waals surface area contributed by atoms with Gasteiger partial charge in [-0.15, -0.1) is 0 Å². The van der Waals surface area contributed by atoms with Gasteiger partial charge in [0, 0.05) is 26.6 Å². The van der Waals surface area contributed by atoms with Gasteiger partial charge in [-0.05, 0) is 25.8 Å². The molecule has 1 N–H and O–H groups in total. The minimum Gasteiger partial charge on any atom is -0.374 e. The number of aliphatic hydroxyl groups is 1. The van der Waals surface area contributed by atoms with E-state index in [0.29, 0.717) is 34.7 Å². The Morgan fingerprint density at radius 3 is 2.80 bits per heavy atom. The van der Waals surface area contributed by atoms with Crippen molar-refractivity contribution in [2.45, 2.75) is 32.5 Å². The molecule has 1 aliphatic heterocycles. The van der Waals surface area contributed by atoms with Crippen molar-refractivity contribution >= 4 is 16.5 Å². The molecule has 136 valence electrons. The molecule has 1 aliphatic rings. The van der Waals surface area contributed by atoms with Crippen LogP contribution < -0.4 is 4.90 Å². The number of hydrogen-bond acceptors (Lipinski definition) is 7. The maximum absolute atomic E-state index is 14.1. The van der Waals surface area contributed by atoms with Crippen molar-refractivity contribution in [1.29, 1.82) is 0 Å². The summed E-state index contributed by atoms with van der Waals surface area (Å²) in [6, 6.07) is 0. The zero-order valence-corrected chi connectivity index (χ0v) is 15.0. The molecule has 2 aromatic heterocycles. The molecule has 0 bridgehead atoms. The summed E-state index contributed by atoms with van der Waals surface area (Å²) >= 11 is 1.26. The van der Waals surface area contributed by atoms with Crippen LogP contribution in [0, 0.1) is 17.7 Å². The van der Waals surface area contributed by atoms with Gasteiger partial charge < -0.3 is 10.0 Å². The third-order valence-electron chi connectivity index (χ3n) is 4.38. The third kappa shape index (κ3) is 4.47. The Morgan fingerprint density at radius 1 is 1.40 bits per heavy atom. The first-order chi connectivity index (χ1) is 11.9. The Labute approximate surface area is 149 Å². The lowest BCUT2D eigenvalue weighted by Gasteiger charge is -2.18. The number of nitrogens with zero attached hydrogens (tertiary/aromatic N) is 5. The summed E-state index contributed by atoms with van der Waals surface area (Å²) in [7, 11) is 1.68. The van der Waals surface area contributed by atoms with Crippen LogP contribution in [0.5, 0.6) is 0 Å². The van der Waals surface area contributed by atoms with E-state index in [2.05, 4.69) is 19.9 Å². The number of anilines is 1. The lowest BCUT2D eigenvalue weighted by molar-refractivity contribution is 0.195. The normalized spacial score (nSPS) is 19.3. The van der Waals surface area contributed by atoms with Gasteiger partial charge in [0.2, 0.25) is 5.95 Å². The van der Waals surface area contributed by atoms with Crippen molar-refractivity contribution in [2.75, 3.05) is 25.0 Å². The third-order valence-corrected chi connectivity index (χ3v) is 5.49. The first-order valence-corrected chi connectivity index (χ1v) is 8.99. The van der Waals surface area contributed by atoms with Gasteiger partial charge in [0.15, 0.2) is 10.9 Å². The Morgan fingerprint density at radius 2 is 2.12 bits per heavy atom. The van der Waals surface area contributed by atoms with Crippen LogP contribution in [0.1, 0.15) is 24.0 Å². The van der Waals surface area contributed by atoms with Gasteiger partial charge in [-0.25, -0.2) is 14.4 Å². The van der Waals surface area contributed by atoms with Crippen molar-refractivity contribution in [2.24, 2.45) is 5.92 Å². The molecule has 3 rings (SSSR count). The van der Waals surface area contributed by atoms with Crippen LogP contribution in [0.4, 0.5) is 13.9 Å². The highest BCUT2D eigenvalue weighted by Gasteiger charge is 2.26. The van der Waals surface area contributed by atoms with E-state index >= 15 is 0 Å². The summed E-state index contributed by atoms with van der Waals surface area (Å²) in [5.41, 5.74) is 0. The molecule has 25 heavy (non-hydrogen) atoms. The average molecular weight is 369 g/mol. The molecule has 1 saturated heterocycles. The van der Waals surface area contributed by atoms with Crippen molar-refractivity contribution in [3.63, 3.8) is 0 Å². The fraction of sp³-hybridized carbons (Fsp3) is 0.562. The quantitative estimate of drug-likeness (QED) is 0.787. The molecule has 0 radical (unpaired) electrons. The van der Waals surface area contributed by atoms with Crippen LogP contribution in [-0.2, 0) is 13.0 Å². The topological polar surface area (TPSA) is 65.4 Å². The SMILES string of the molecule is CC(O)N(C)c1nc(F)c(CN2CC[C@H](Cc3ncc(F)cn3)C2)s1. The first-order valence-electron chi connectivity index (χ1n) is 8.17. The Hall–Kier alpha value is -1.71. The molecule has 0 saturated carbocycles. The van der Waals surface area contributed by atoms with Crippen molar-refractivity contribution in [3.05, 3.63) is 34.9 Å². The highest BCUT2D eigenvalue weighted by molar-refractivity contribution is 7.15. The molecule has 0 aliphatic carbocycles. The van der Waals surface area contributed by atoms with E-state index in [-0.39, 0.29) is 0 Å². The maximum Gasteiger partial charge on any atom is 0.230 e. The number of thiazole rings is 1. The van der Waals surface area contributed by atoms with E-state index in [1.165, 1.54) is 28.6 Å². The first kappa shape index (κ1) is 18.1. The maximum atomic E-state index is 14.1. The van der Waals surface area contributed by atoms with E-state index in [4.69, 9.17) is 0 Å². The summed E-state index contributed by atoms with van der Waals surface area (Å²) < 4.78 is 26.9. The molecule has 3 heterocycles. The minimum absolute atomic E-state index is 0.376. The van der Waals surface area contributed by atoms with Gasteiger partial charge in [0.1, 0.15) is 12.1 Å². The zero-order chi connectivity index (χ0) is 18.0. The summed E-state index contributed by atoms with van der Waals surface area (Å²) in [5, 5.41) is 10.0. The molecule has 2 aromatic rings. The molecule has 2 atom stereocenters. The van der Waals surface area contributed by atoms with Crippen LogP contribution in [0.2, 0.25) is 0 Å². The lowest BCUT2D eigenvalue weighted by Crippen LogP contribution is -2.27. The van der Waals surface area contributed by atoms with Gasteiger partial charge in [0.25, 0.3) is 0 Å². The fourth-order valence-electron chi connectivity index (χ4n) is 2.86. The number of likely N-dealkylation sites (tertiary alicyclic amines) is 1. The molecular formula is C16H21F2N5OS. The van der Waals surface area contributed by atoms with E-state index in [1.807, 2.05) is 0 Å². The van der Waals surface area contributed by atoms with Crippen molar-refractivity contribution in [1.82, 2.24) is 19.9 Å². The molecule has 0 spiro atoms. The number of rotatable bonds is 6. The summed E-state index contributed by atoms with van der Waals surface area (Å²) in [4.78, 5) is 16.2. The molecule has 0 amide bonds. The standard InChI is InChI=1S/C16H21F2N5OS/c1-10(24)22(2)16-21-15(18)13(25-16)9-23-4-3-11(8-23)5-14-19-6-12(17)7-20-14/h6-7,10-11,24H,3-5,8-9H2,1-2H3/t10?,11-/m1/s1. The molecule has 1 unspecified atom stereocenters. The largest absolute Gasteiger partial charge is 0.374 e. The van der Waals surface area contributed by atoms with E-state index in [9.17, 15) is 13.9 Å². The number of aliphatic hydroxyl groups excluding tert-OH is 1. The molecular weight excluding hydrogens is 348 g/mol. The Balaban J connectivity index is 1.57. The zero-order valence-electron chi connectivity index (χ0n) is 14.2. The molecule has 9 heteroatoms. The van der Waals surface area contributed by atoms with Crippen LogP contribution in [0.25, 0.3) is 0 Å². The molecule has 1 fully saturated rings. The number of halogens is 2. The molecule has 0 aromatic carbocycles. The van der Waals surface area contributed by atoms with Crippen molar-refractivity contribution in [3.8, 4) is 0 Å². The van der Waals surface area contributed by atoms with Crippen LogP contribution >= 0.6 is 11.3 Å². The minimum atomic E-state index is -0.717. The number of hydrogen-bond donors (Lipinski definition) is 1. The smallest absolute Gasteiger partial charge is 0.230 e. The van der Waals surface area contributed by atoms with Gasteiger partial charge in [0.05, 0.1) is 17.3 Å². The lowest BCUT2D eigenvalue weighted by atomic mass is 10.0. The summed E-state index contributed by atoms with van der Waals surface area (Å²) in [5.74, 6) is 0.104. The van der Waals surface area contributed by atoms with E-state index in [1.54, 1.807) is 14.0 Å². The van der Waals surface area contributed by atoms with Crippen LogP contribution in [-0.4, -0.2) is 51.3 Å². The number of aromatic nitrogens is 3. The van der Waals surface area contributed by atoms with Crippen LogP contribution in [0.3, 0.4) is 0 Å². The second-order valence-electron chi connectivity index (χ2n) is 6.36. The highest BCUT2D eigenvalue weighted by Crippen LogP contribution is 2.29. The van der Waals surface area contributed by atoms with Crippen LogP contribution in [0.15, 0.2) is 12.4 Å². The predicted octanol–water partition coefficient (Wildman–Crippen LogP) is 2.05.